The number of hydrogen-bond donors (Lipinski definition) is 0. The van der Waals surface area contributed by atoms with Gasteiger partial charge < -0.3 is 0 Å². The SMILES string of the molecule is CC1(c2ppc(C3(C)CCCCC3)s2)CCCCC1. The van der Waals surface area contributed by atoms with E-state index in [0.29, 0.717) is 10.8 Å². The number of hydrogen-bond acceptors (Lipinski definition) is 1. The van der Waals surface area contributed by atoms with Gasteiger partial charge in [-0.25, -0.2) is 0 Å². The van der Waals surface area contributed by atoms with Crippen molar-refractivity contribution in [1.82, 2.24) is 0 Å². The molecule has 3 heteroatoms. The average molecular weight is 312 g/mol. The summed E-state index contributed by atoms with van der Waals surface area (Å²) in [4.78, 5) is 0. The molecule has 3 rings (SSSR count). The lowest BCUT2D eigenvalue weighted by atomic mass is 9.77. The van der Waals surface area contributed by atoms with E-state index in [1.807, 2.05) is 9.22 Å². The predicted molar refractivity (Wildman–Crippen MR) is 90.2 cm³/mol. The minimum absolute atomic E-state index is 0.560. The lowest BCUT2D eigenvalue weighted by molar-refractivity contribution is 0.327. The van der Waals surface area contributed by atoms with Crippen molar-refractivity contribution < 1.29 is 0 Å². The van der Waals surface area contributed by atoms with Crippen LogP contribution in [0.4, 0.5) is 0 Å². The van der Waals surface area contributed by atoms with E-state index in [9.17, 15) is 0 Å². The topological polar surface area (TPSA) is 0 Å². The van der Waals surface area contributed by atoms with Crippen LogP contribution in [0.1, 0.15) is 87.3 Å². The first-order valence-electron chi connectivity index (χ1n) is 7.97. The molecule has 0 radical (unpaired) electrons. The molecule has 0 amide bonds. The molecular formula is C16H26P2S. The van der Waals surface area contributed by atoms with Crippen LogP contribution in [0.5, 0.6) is 0 Å². The minimum Gasteiger partial charge on any atom is -0.134 e. The van der Waals surface area contributed by atoms with Crippen LogP contribution in [-0.2, 0) is 10.8 Å². The second-order valence-electron chi connectivity index (χ2n) is 7.16. The molecule has 0 bridgehead atoms. The Hall–Kier alpha value is 0.560. The Labute approximate surface area is 125 Å². The zero-order valence-corrected chi connectivity index (χ0v) is 15.0. The lowest BCUT2D eigenvalue weighted by Gasteiger charge is -2.33. The Balaban J connectivity index is 1.82. The van der Waals surface area contributed by atoms with E-state index < -0.39 is 0 Å². The molecule has 2 fully saturated rings. The fourth-order valence-corrected chi connectivity index (χ4v) is 10.6. The monoisotopic (exact) mass is 312 g/mol. The molecule has 0 aliphatic heterocycles. The molecule has 1 heterocycles. The van der Waals surface area contributed by atoms with Gasteiger partial charge in [-0.05, 0) is 41.4 Å². The van der Waals surface area contributed by atoms with E-state index in [4.69, 9.17) is 0 Å². The molecule has 0 aromatic carbocycles. The standard InChI is InChI=1S/C16H26P2S/c1-15(9-5-3-6-10-15)13-17-18-14(19-13)16(2)11-7-4-8-12-16/h3-12H2,1-2H3. The van der Waals surface area contributed by atoms with Gasteiger partial charge in [0.2, 0.25) is 0 Å². The molecule has 0 saturated heterocycles. The molecule has 0 N–H and O–H groups in total. The molecular weight excluding hydrogens is 286 g/mol. The maximum atomic E-state index is 2.54. The highest BCUT2D eigenvalue weighted by Gasteiger charge is 2.35. The smallest absolute Gasteiger partial charge is 0.0428 e. The summed E-state index contributed by atoms with van der Waals surface area (Å²) in [7, 11) is 3.26. The molecule has 0 nitrogen and oxygen atoms in total. The van der Waals surface area contributed by atoms with Crippen molar-refractivity contribution in [3.8, 4) is 0 Å². The van der Waals surface area contributed by atoms with Crippen molar-refractivity contribution in [2.75, 3.05) is 0 Å². The molecule has 1 aromatic rings. The van der Waals surface area contributed by atoms with Crippen LogP contribution in [0.15, 0.2) is 0 Å². The largest absolute Gasteiger partial charge is 0.134 e. The van der Waals surface area contributed by atoms with Gasteiger partial charge in [-0.2, -0.15) is 0 Å². The summed E-state index contributed by atoms with van der Waals surface area (Å²) < 4.78 is 3.63. The zero-order valence-electron chi connectivity index (χ0n) is 12.4. The highest BCUT2D eigenvalue weighted by molar-refractivity contribution is 7.95. The van der Waals surface area contributed by atoms with Gasteiger partial charge in [0.05, 0.1) is 0 Å². The summed E-state index contributed by atoms with van der Waals surface area (Å²) in [5.41, 5.74) is 1.12. The van der Waals surface area contributed by atoms with Crippen LogP contribution < -0.4 is 0 Å². The average Bonchev–Trinajstić information content (AvgIpc) is 2.91. The molecule has 0 atom stereocenters. The van der Waals surface area contributed by atoms with E-state index >= 15 is 0 Å². The summed E-state index contributed by atoms with van der Waals surface area (Å²) >= 11 is 2.23. The van der Waals surface area contributed by atoms with E-state index in [0.717, 1.165) is 0 Å². The van der Waals surface area contributed by atoms with Crippen LogP contribution in [0.25, 0.3) is 0 Å². The third-order valence-corrected chi connectivity index (χ3v) is 11.7. The Morgan fingerprint density at radius 2 is 1.05 bits per heavy atom. The Morgan fingerprint density at radius 1 is 0.684 bits per heavy atom. The van der Waals surface area contributed by atoms with Crippen molar-refractivity contribution in [1.29, 1.82) is 0 Å². The lowest BCUT2D eigenvalue weighted by Crippen LogP contribution is -2.24. The Kier molecular flexibility index (Phi) is 4.38. The molecule has 106 valence electrons. The van der Waals surface area contributed by atoms with Gasteiger partial charge in [0.25, 0.3) is 0 Å². The van der Waals surface area contributed by atoms with E-state index in [1.165, 1.54) is 64.2 Å². The molecule has 2 aliphatic rings. The Morgan fingerprint density at radius 3 is 1.42 bits per heavy atom. The molecule has 19 heavy (non-hydrogen) atoms. The van der Waals surface area contributed by atoms with Crippen LogP contribution in [0, 0.1) is 0 Å². The Bertz CT molecular complexity index is 387. The maximum absolute atomic E-state index is 2.54. The van der Waals surface area contributed by atoms with Gasteiger partial charge in [0.15, 0.2) is 0 Å². The second-order valence-corrected chi connectivity index (χ2v) is 11.3. The third kappa shape index (κ3) is 2.95. The van der Waals surface area contributed by atoms with Gasteiger partial charge >= 0.3 is 0 Å². The first kappa shape index (κ1) is 14.5. The van der Waals surface area contributed by atoms with Crippen LogP contribution in [0.2, 0.25) is 0 Å². The minimum atomic E-state index is 0.560. The van der Waals surface area contributed by atoms with E-state index in [2.05, 4.69) is 25.2 Å². The van der Waals surface area contributed by atoms with Crippen molar-refractivity contribution in [2.45, 2.75) is 88.9 Å². The van der Waals surface area contributed by atoms with E-state index in [1.54, 1.807) is 15.7 Å². The summed E-state index contributed by atoms with van der Waals surface area (Å²) in [6, 6.07) is 0. The first-order valence-corrected chi connectivity index (χ1v) is 11.3. The molecule has 2 saturated carbocycles. The fourth-order valence-electron chi connectivity index (χ4n) is 3.80. The van der Waals surface area contributed by atoms with Crippen LogP contribution in [-0.4, -0.2) is 0 Å². The van der Waals surface area contributed by atoms with Gasteiger partial charge in [-0.1, -0.05) is 52.4 Å². The highest BCUT2D eigenvalue weighted by atomic mass is 32.1. The third-order valence-electron chi connectivity index (χ3n) is 5.37. The van der Waals surface area contributed by atoms with Gasteiger partial charge in [-0.15, -0.1) is 11.3 Å². The summed E-state index contributed by atoms with van der Waals surface area (Å²) in [6.45, 7) is 5.09. The predicted octanol–water partition coefficient (Wildman–Crippen LogP) is 7.35. The summed E-state index contributed by atoms with van der Waals surface area (Å²) in [5, 5.41) is 0. The quantitative estimate of drug-likeness (QED) is 0.535. The van der Waals surface area contributed by atoms with Crippen molar-refractivity contribution in [2.24, 2.45) is 0 Å². The van der Waals surface area contributed by atoms with Crippen molar-refractivity contribution in [3.63, 3.8) is 0 Å². The van der Waals surface area contributed by atoms with Crippen molar-refractivity contribution in [3.05, 3.63) is 9.22 Å². The fraction of sp³-hybridized carbons (Fsp3) is 0.875. The zero-order chi connectivity index (χ0) is 13.3. The molecule has 0 unspecified atom stereocenters. The number of rotatable bonds is 2. The summed E-state index contributed by atoms with van der Waals surface area (Å²) in [5.74, 6) is 0. The van der Waals surface area contributed by atoms with Crippen molar-refractivity contribution >= 4 is 27.1 Å². The normalized spacial score (nSPS) is 27.1. The molecule has 0 spiro atoms. The highest BCUT2D eigenvalue weighted by Crippen LogP contribution is 2.55. The molecule has 2 aliphatic carbocycles. The first-order chi connectivity index (χ1) is 9.12. The van der Waals surface area contributed by atoms with Gasteiger partial charge in [-0.3, -0.25) is 0 Å². The summed E-state index contributed by atoms with van der Waals surface area (Å²) in [6.07, 6.45) is 14.6. The van der Waals surface area contributed by atoms with Crippen LogP contribution >= 0.6 is 27.1 Å². The van der Waals surface area contributed by atoms with E-state index in [-0.39, 0.29) is 0 Å². The molecule has 1 aromatic heterocycles. The maximum Gasteiger partial charge on any atom is 0.0428 e. The van der Waals surface area contributed by atoms with Gasteiger partial charge in [0, 0.05) is 20.0 Å². The van der Waals surface area contributed by atoms with Gasteiger partial charge in [0.1, 0.15) is 0 Å². The van der Waals surface area contributed by atoms with Crippen LogP contribution in [0.3, 0.4) is 0 Å². The second kappa shape index (κ2) is 5.75.